The van der Waals surface area contributed by atoms with Gasteiger partial charge in [0.1, 0.15) is 0 Å². The maximum Gasteiger partial charge on any atom is 0.0861 e. The van der Waals surface area contributed by atoms with Crippen LogP contribution in [0, 0.1) is 0 Å². The van der Waals surface area contributed by atoms with E-state index in [1.165, 1.54) is 22.3 Å². The third kappa shape index (κ3) is 1.65. The lowest BCUT2D eigenvalue weighted by atomic mass is 10.1. The molecule has 1 aliphatic rings. The minimum atomic E-state index is -0.936. The van der Waals surface area contributed by atoms with Crippen LogP contribution in [0.3, 0.4) is 0 Å². The summed E-state index contributed by atoms with van der Waals surface area (Å²) in [6, 6.07) is 16.5. The topological polar surface area (TPSA) is 17.1 Å². The van der Waals surface area contributed by atoms with E-state index < -0.39 is 10.8 Å². The third-order valence-electron chi connectivity index (χ3n) is 3.32. The van der Waals surface area contributed by atoms with Gasteiger partial charge in [-0.15, -0.1) is 6.58 Å². The highest BCUT2D eigenvalue weighted by atomic mass is 32.2. The molecule has 0 saturated heterocycles. The Balaban J connectivity index is 2.20. The Labute approximate surface area is 110 Å². The summed E-state index contributed by atoms with van der Waals surface area (Å²) in [6.45, 7) is 3.69. The standard InChI is InChI=1S/C16H14OS/c1-2-11-18(17)16-14-9-5-3-7-12(14)13-8-4-6-10-15(13)16/h2-10,16H,1,11H2/t18-/m1/s1. The fourth-order valence-corrected chi connectivity index (χ4v) is 4.01. The van der Waals surface area contributed by atoms with Crippen molar-refractivity contribution in [2.45, 2.75) is 5.25 Å². The van der Waals surface area contributed by atoms with Crippen LogP contribution >= 0.6 is 0 Å². The Morgan fingerprint density at radius 3 is 2.00 bits per heavy atom. The Hall–Kier alpha value is -1.67. The zero-order valence-corrected chi connectivity index (χ0v) is 10.8. The van der Waals surface area contributed by atoms with Gasteiger partial charge in [0.2, 0.25) is 0 Å². The van der Waals surface area contributed by atoms with Crippen molar-refractivity contribution < 1.29 is 4.21 Å². The second-order valence-corrected chi connectivity index (χ2v) is 5.96. The summed E-state index contributed by atoms with van der Waals surface area (Å²) in [5.41, 5.74) is 4.80. The molecule has 0 heterocycles. The summed E-state index contributed by atoms with van der Waals surface area (Å²) < 4.78 is 12.4. The molecule has 1 nitrogen and oxygen atoms in total. The van der Waals surface area contributed by atoms with Crippen molar-refractivity contribution in [2.24, 2.45) is 0 Å². The molecular formula is C16H14OS. The van der Waals surface area contributed by atoms with Crippen LogP contribution in [0.4, 0.5) is 0 Å². The Morgan fingerprint density at radius 2 is 1.50 bits per heavy atom. The van der Waals surface area contributed by atoms with Gasteiger partial charge in [-0.3, -0.25) is 4.21 Å². The van der Waals surface area contributed by atoms with E-state index >= 15 is 0 Å². The van der Waals surface area contributed by atoms with Crippen LogP contribution in [0.1, 0.15) is 16.4 Å². The lowest BCUT2D eigenvalue weighted by molar-refractivity contribution is 0.681. The van der Waals surface area contributed by atoms with E-state index in [1.54, 1.807) is 6.08 Å². The van der Waals surface area contributed by atoms with Crippen molar-refractivity contribution in [3.63, 3.8) is 0 Å². The Kier molecular flexibility index (Phi) is 2.88. The second-order valence-electron chi connectivity index (χ2n) is 4.39. The van der Waals surface area contributed by atoms with Crippen molar-refractivity contribution in [1.82, 2.24) is 0 Å². The van der Waals surface area contributed by atoms with Crippen LogP contribution in [0.25, 0.3) is 11.1 Å². The fourth-order valence-electron chi connectivity index (χ4n) is 2.60. The number of rotatable bonds is 3. The Morgan fingerprint density at radius 1 is 1.00 bits per heavy atom. The molecule has 90 valence electrons. The lowest BCUT2D eigenvalue weighted by Gasteiger charge is -2.11. The van der Waals surface area contributed by atoms with Crippen molar-refractivity contribution >= 4 is 10.8 Å². The molecule has 0 aliphatic heterocycles. The quantitative estimate of drug-likeness (QED) is 0.763. The van der Waals surface area contributed by atoms with E-state index in [-0.39, 0.29) is 5.25 Å². The third-order valence-corrected chi connectivity index (χ3v) is 4.92. The van der Waals surface area contributed by atoms with E-state index in [9.17, 15) is 4.21 Å². The van der Waals surface area contributed by atoms with Gasteiger partial charge in [-0.05, 0) is 22.3 Å². The SMILES string of the molecule is C=CC[S@@](=O)C1c2ccccc2-c2ccccc21. The molecule has 0 N–H and O–H groups in total. The second kappa shape index (κ2) is 4.54. The van der Waals surface area contributed by atoms with Gasteiger partial charge in [-0.25, -0.2) is 0 Å². The summed E-state index contributed by atoms with van der Waals surface area (Å²) in [4.78, 5) is 0. The molecule has 1 atom stereocenters. The van der Waals surface area contributed by atoms with Gasteiger partial charge in [0.05, 0.1) is 5.25 Å². The van der Waals surface area contributed by atoms with Crippen LogP contribution in [0.15, 0.2) is 61.2 Å². The summed E-state index contributed by atoms with van der Waals surface area (Å²) in [5.74, 6) is 0.535. The number of hydrogen-bond donors (Lipinski definition) is 0. The largest absolute Gasteiger partial charge is 0.258 e. The minimum absolute atomic E-state index is 0.00426. The first-order valence-corrected chi connectivity index (χ1v) is 7.37. The smallest absolute Gasteiger partial charge is 0.0861 e. The first-order chi connectivity index (χ1) is 8.83. The minimum Gasteiger partial charge on any atom is -0.258 e. The average Bonchev–Trinajstić information content (AvgIpc) is 2.73. The Bertz CT molecular complexity index is 585. The van der Waals surface area contributed by atoms with E-state index in [2.05, 4.69) is 30.8 Å². The van der Waals surface area contributed by atoms with E-state index in [4.69, 9.17) is 0 Å². The van der Waals surface area contributed by atoms with E-state index in [1.807, 2.05) is 24.3 Å². The maximum atomic E-state index is 12.4. The van der Waals surface area contributed by atoms with Gasteiger partial charge in [0.25, 0.3) is 0 Å². The molecule has 0 unspecified atom stereocenters. The van der Waals surface area contributed by atoms with Gasteiger partial charge in [0.15, 0.2) is 0 Å². The van der Waals surface area contributed by atoms with E-state index in [0.717, 1.165) is 0 Å². The first kappa shape index (κ1) is 11.4. The summed E-state index contributed by atoms with van der Waals surface area (Å²) in [5, 5.41) is -0.00426. The first-order valence-electron chi connectivity index (χ1n) is 5.99. The van der Waals surface area contributed by atoms with Gasteiger partial charge < -0.3 is 0 Å². The number of fused-ring (bicyclic) bond motifs is 3. The lowest BCUT2D eigenvalue weighted by Crippen LogP contribution is -2.07. The predicted molar refractivity (Wildman–Crippen MR) is 76.9 cm³/mol. The molecule has 2 aromatic rings. The molecule has 0 radical (unpaired) electrons. The van der Waals surface area contributed by atoms with Crippen LogP contribution in [0.5, 0.6) is 0 Å². The molecule has 2 aromatic carbocycles. The zero-order chi connectivity index (χ0) is 12.5. The molecule has 0 aromatic heterocycles. The van der Waals surface area contributed by atoms with E-state index in [0.29, 0.717) is 5.75 Å². The van der Waals surface area contributed by atoms with Crippen molar-refractivity contribution in [3.8, 4) is 11.1 Å². The van der Waals surface area contributed by atoms with Crippen LogP contribution < -0.4 is 0 Å². The van der Waals surface area contributed by atoms with Crippen LogP contribution in [-0.4, -0.2) is 9.96 Å². The molecule has 2 heteroatoms. The molecule has 0 fully saturated rings. The molecule has 0 amide bonds. The van der Waals surface area contributed by atoms with Gasteiger partial charge in [0, 0.05) is 16.6 Å². The highest BCUT2D eigenvalue weighted by Gasteiger charge is 2.31. The van der Waals surface area contributed by atoms with Crippen molar-refractivity contribution in [3.05, 3.63) is 72.3 Å². The number of hydrogen-bond acceptors (Lipinski definition) is 1. The molecule has 0 saturated carbocycles. The summed E-state index contributed by atoms with van der Waals surface area (Å²) >= 11 is 0. The summed E-state index contributed by atoms with van der Waals surface area (Å²) in [7, 11) is -0.936. The molecule has 0 spiro atoms. The summed E-state index contributed by atoms with van der Waals surface area (Å²) in [6.07, 6.45) is 1.74. The average molecular weight is 254 g/mol. The maximum absolute atomic E-state index is 12.4. The fraction of sp³-hybridized carbons (Fsp3) is 0.125. The molecule has 18 heavy (non-hydrogen) atoms. The molecule has 1 aliphatic carbocycles. The zero-order valence-electron chi connectivity index (χ0n) is 10.0. The van der Waals surface area contributed by atoms with Crippen LogP contribution in [0.2, 0.25) is 0 Å². The van der Waals surface area contributed by atoms with Crippen LogP contribution in [-0.2, 0) is 10.8 Å². The van der Waals surface area contributed by atoms with Gasteiger partial charge >= 0.3 is 0 Å². The normalized spacial score (nSPS) is 14.9. The van der Waals surface area contributed by atoms with Gasteiger partial charge in [-0.1, -0.05) is 54.6 Å². The number of benzene rings is 2. The highest BCUT2D eigenvalue weighted by Crippen LogP contribution is 2.46. The molecular weight excluding hydrogens is 240 g/mol. The molecule has 3 rings (SSSR count). The predicted octanol–water partition coefficient (Wildman–Crippen LogP) is 3.69. The van der Waals surface area contributed by atoms with Gasteiger partial charge in [-0.2, -0.15) is 0 Å². The van der Waals surface area contributed by atoms with Crippen molar-refractivity contribution in [2.75, 3.05) is 5.75 Å². The van der Waals surface area contributed by atoms with Crippen molar-refractivity contribution in [1.29, 1.82) is 0 Å². The highest BCUT2D eigenvalue weighted by molar-refractivity contribution is 7.85. The molecule has 0 bridgehead atoms. The monoisotopic (exact) mass is 254 g/mol.